The van der Waals surface area contributed by atoms with Gasteiger partial charge in [0.1, 0.15) is 6.04 Å². The second-order valence-electron chi connectivity index (χ2n) is 5.62. The van der Waals surface area contributed by atoms with Crippen LogP contribution in [0.15, 0.2) is 36.9 Å². The van der Waals surface area contributed by atoms with Crippen LogP contribution in [-0.2, 0) is 22.6 Å². The third-order valence-corrected chi connectivity index (χ3v) is 3.99. The standard InChI is InChI=1S/C17H20N2O5/c1-2-8-18(9-7-15(20)21)17(24)19-11-13-6-4-3-5-12(13)10-14(19)16(22)23/h2-6,14H,1,7-11H2,(H,20,21)(H,22,23). The van der Waals surface area contributed by atoms with E-state index in [2.05, 4.69) is 6.58 Å². The molecule has 0 saturated carbocycles. The molecular weight excluding hydrogens is 312 g/mol. The van der Waals surface area contributed by atoms with E-state index in [1.807, 2.05) is 24.3 Å². The Balaban J connectivity index is 2.25. The molecule has 2 amide bonds. The summed E-state index contributed by atoms with van der Waals surface area (Å²) in [5, 5.41) is 18.3. The van der Waals surface area contributed by atoms with Gasteiger partial charge in [0.05, 0.1) is 6.42 Å². The maximum atomic E-state index is 12.8. The van der Waals surface area contributed by atoms with Crippen molar-refractivity contribution in [2.45, 2.75) is 25.4 Å². The summed E-state index contributed by atoms with van der Waals surface area (Å²) in [6.45, 7) is 3.92. The van der Waals surface area contributed by atoms with Gasteiger partial charge in [0, 0.05) is 26.1 Å². The quantitative estimate of drug-likeness (QED) is 0.771. The minimum absolute atomic E-state index is 0.00464. The highest BCUT2D eigenvalue weighted by atomic mass is 16.4. The first-order valence-electron chi connectivity index (χ1n) is 7.62. The van der Waals surface area contributed by atoms with Gasteiger partial charge in [-0.2, -0.15) is 0 Å². The Morgan fingerprint density at radius 3 is 2.50 bits per heavy atom. The molecule has 24 heavy (non-hydrogen) atoms. The Morgan fingerprint density at radius 1 is 1.25 bits per heavy atom. The van der Waals surface area contributed by atoms with Crippen molar-refractivity contribution >= 4 is 18.0 Å². The third kappa shape index (κ3) is 3.92. The predicted molar refractivity (Wildman–Crippen MR) is 86.5 cm³/mol. The van der Waals surface area contributed by atoms with Gasteiger partial charge in [0.15, 0.2) is 0 Å². The summed E-state index contributed by atoms with van der Waals surface area (Å²) in [5.41, 5.74) is 1.81. The number of aliphatic carboxylic acids is 2. The predicted octanol–water partition coefficient (Wildman–Crippen LogP) is 1.58. The van der Waals surface area contributed by atoms with Gasteiger partial charge >= 0.3 is 18.0 Å². The topological polar surface area (TPSA) is 98.2 Å². The van der Waals surface area contributed by atoms with Crippen molar-refractivity contribution < 1.29 is 24.6 Å². The molecule has 1 aliphatic rings. The fourth-order valence-electron chi connectivity index (χ4n) is 2.78. The highest BCUT2D eigenvalue weighted by molar-refractivity contribution is 5.84. The van der Waals surface area contributed by atoms with E-state index in [0.717, 1.165) is 11.1 Å². The van der Waals surface area contributed by atoms with Crippen molar-refractivity contribution in [2.24, 2.45) is 0 Å². The first-order valence-corrected chi connectivity index (χ1v) is 7.62. The zero-order valence-electron chi connectivity index (χ0n) is 13.2. The number of fused-ring (bicyclic) bond motifs is 1. The summed E-state index contributed by atoms with van der Waals surface area (Å²) in [7, 11) is 0. The summed E-state index contributed by atoms with van der Waals surface area (Å²) >= 11 is 0. The number of hydrogen-bond donors (Lipinski definition) is 2. The van der Waals surface area contributed by atoms with Crippen LogP contribution in [0.1, 0.15) is 17.5 Å². The number of carboxylic acids is 2. The number of urea groups is 1. The van der Waals surface area contributed by atoms with Gasteiger partial charge < -0.3 is 20.0 Å². The van der Waals surface area contributed by atoms with Crippen LogP contribution in [-0.4, -0.2) is 57.1 Å². The molecule has 0 saturated heterocycles. The largest absolute Gasteiger partial charge is 0.481 e. The Bertz CT molecular complexity index is 658. The average molecular weight is 332 g/mol. The molecule has 0 bridgehead atoms. The molecule has 7 nitrogen and oxygen atoms in total. The molecule has 0 aliphatic carbocycles. The third-order valence-electron chi connectivity index (χ3n) is 3.99. The molecule has 2 N–H and O–H groups in total. The normalized spacial score (nSPS) is 16.2. The zero-order chi connectivity index (χ0) is 17.7. The maximum absolute atomic E-state index is 12.8. The number of carbonyl (C=O) groups excluding carboxylic acids is 1. The van der Waals surface area contributed by atoms with Crippen LogP contribution in [0.2, 0.25) is 0 Å². The average Bonchev–Trinajstić information content (AvgIpc) is 2.56. The molecular formula is C17H20N2O5. The summed E-state index contributed by atoms with van der Waals surface area (Å²) in [6.07, 6.45) is 1.52. The SMILES string of the molecule is C=CCN(CCC(=O)O)C(=O)N1Cc2ccccc2CC1C(=O)O. The maximum Gasteiger partial charge on any atom is 0.326 e. The van der Waals surface area contributed by atoms with Crippen LogP contribution in [0.3, 0.4) is 0 Å². The lowest BCUT2D eigenvalue weighted by Gasteiger charge is -2.37. The fourth-order valence-corrected chi connectivity index (χ4v) is 2.78. The molecule has 1 aromatic rings. The van der Waals surface area contributed by atoms with Crippen molar-refractivity contribution in [2.75, 3.05) is 13.1 Å². The summed E-state index contributed by atoms with van der Waals surface area (Å²) in [5.74, 6) is -2.09. The Labute approximate surface area is 139 Å². The Morgan fingerprint density at radius 2 is 1.92 bits per heavy atom. The van der Waals surface area contributed by atoms with Crippen molar-refractivity contribution in [3.63, 3.8) is 0 Å². The van der Waals surface area contributed by atoms with Gasteiger partial charge in [-0.25, -0.2) is 9.59 Å². The number of benzene rings is 1. The lowest BCUT2D eigenvalue weighted by Crippen LogP contribution is -2.53. The Kier molecular flexibility index (Phi) is 5.57. The molecule has 0 fully saturated rings. The fraction of sp³-hybridized carbons (Fsp3) is 0.353. The van der Waals surface area contributed by atoms with Crippen LogP contribution in [0.5, 0.6) is 0 Å². The molecule has 1 heterocycles. The lowest BCUT2D eigenvalue weighted by atomic mass is 9.94. The van der Waals surface area contributed by atoms with E-state index in [4.69, 9.17) is 5.11 Å². The number of carbonyl (C=O) groups is 3. The van der Waals surface area contributed by atoms with Crippen LogP contribution in [0.25, 0.3) is 0 Å². The number of hydrogen-bond acceptors (Lipinski definition) is 3. The van der Waals surface area contributed by atoms with Gasteiger partial charge in [-0.05, 0) is 11.1 Å². The van der Waals surface area contributed by atoms with Gasteiger partial charge in [-0.1, -0.05) is 30.3 Å². The molecule has 0 spiro atoms. The number of rotatable bonds is 6. The van der Waals surface area contributed by atoms with Gasteiger partial charge in [0.25, 0.3) is 0 Å². The first-order chi connectivity index (χ1) is 11.4. The molecule has 1 unspecified atom stereocenters. The van der Waals surface area contributed by atoms with E-state index in [9.17, 15) is 19.5 Å². The highest BCUT2D eigenvalue weighted by Gasteiger charge is 2.36. The van der Waals surface area contributed by atoms with Gasteiger partial charge in [0.2, 0.25) is 0 Å². The molecule has 1 aromatic carbocycles. The van der Waals surface area contributed by atoms with Crippen LogP contribution < -0.4 is 0 Å². The van der Waals surface area contributed by atoms with Crippen LogP contribution in [0, 0.1) is 0 Å². The first kappa shape index (κ1) is 17.5. The summed E-state index contributed by atoms with van der Waals surface area (Å²) < 4.78 is 0. The molecule has 0 aromatic heterocycles. The van der Waals surface area contributed by atoms with E-state index >= 15 is 0 Å². The van der Waals surface area contributed by atoms with Crippen molar-refractivity contribution in [1.82, 2.24) is 9.80 Å². The van der Waals surface area contributed by atoms with E-state index in [-0.39, 0.29) is 32.5 Å². The summed E-state index contributed by atoms with van der Waals surface area (Å²) in [4.78, 5) is 37.7. The minimum atomic E-state index is -1.07. The summed E-state index contributed by atoms with van der Waals surface area (Å²) in [6, 6.07) is 5.95. The van der Waals surface area contributed by atoms with Gasteiger partial charge in [-0.3, -0.25) is 4.79 Å². The van der Waals surface area contributed by atoms with E-state index in [1.165, 1.54) is 15.9 Å². The number of carboxylic acid groups (broad SMARTS) is 2. The van der Waals surface area contributed by atoms with Crippen molar-refractivity contribution in [3.8, 4) is 0 Å². The smallest absolute Gasteiger partial charge is 0.326 e. The van der Waals surface area contributed by atoms with E-state index < -0.39 is 24.0 Å². The zero-order valence-corrected chi connectivity index (χ0v) is 13.2. The van der Waals surface area contributed by atoms with Gasteiger partial charge in [-0.15, -0.1) is 6.58 Å². The molecule has 1 atom stereocenters. The molecule has 2 rings (SSSR count). The minimum Gasteiger partial charge on any atom is -0.481 e. The second kappa shape index (κ2) is 7.63. The van der Waals surface area contributed by atoms with Crippen molar-refractivity contribution in [1.29, 1.82) is 0 Å². The van der Waals surface area contributed by atoms with E-state index in [1.54, 1.807) is 0 Å². The molecule has 0 radical (unpaired) electrons. The number of nitrogens with zero attached hydrogens (tertiary/aromatic N) is 2. The molecule has 128 valence electrons. The number of amides is 2. The Hall–Kier alpha value is -2.83. The lowest BCUT2D eigenvalue weighted by molar-refractivity contribution is -0.143. The van der Waals surface area contributed by atoms with Crippen LogP contribution in [0.4, 0.5) is 4.79 Å². The molecule has 7 heteroatoms. The van der Waals surface area contributed by atoms with E-state index in [0.29, 0.717) is 0 Å². The van der Waals surface area contributed by atoms with Crippen molar-refractivity contribution in [3.05, 3.63) is 48.0 Å². The highest BCUT2D eigenvalue weighted by Crippen LogP contribution is 2.24. The second-order valence-corrected chi connectivity index (χ2v) is 5.62. The van der Waals surface area contributed by atoms with Crippen LogP contribution >= 0.6 is 0 Å². The monoisotopic (exact) mass is 332 g/mol. The molecule has 1 aliphatic heterocycles.